The highest BCUT2D eigenvalue weighted by Crippen LogP contribution is 2.46. The van der Waals surface area contributed by atoms with Crippen LogP contribution >= 0.6 is 11.8 Å². The second-order valence-corrected chi connectivity index (χ2v) is 7.68. The minimum Gasteiger partial charge on any atom is -0.462 e. The summed E-state index contributed by atoms with van der Waals surface area (Å²) < 4.78 is 21.7. The van der Waals surface area contributed by atoms with Crippen LogP contribution in [0, 0.1) is 5.82 Å². The van der Waals surface area contributed by atoms with Gasteiger partial charge in [-0.05, 0) is 26.0 Å². The zero-order valence-corrected chi connectivity index (χ0v) is 15.5. The van der Waals surface area contributed by atoms with Crippen molar-refractivity contribution in [3.63, 3.8) is 0 Å². The molecule has 138 valence electrons. The van der Waals surface area contributed by atoms with Gasteiger partial charge in [0.1, 0.15) is 11.4 Å². The van der Waals surface area contributed by atoms with Crippen molar-refractivity contribution in [1.29, 1.82) is 0 Å². The number of rotatable bonds is 3. The van der Waals surface area contributed by atoms with Crippen molar-refractivity contribution >= 4 is 34.3 Å². The van der Waals surface area contributed by atoms with E-state index >= 15 is 0 Å². The number of carbonyl (C=O) groups is 1. The van der Waals surface area contributed by atoms with E-state index in [1.54, 1.807) is 13.0 Å². The summed E-state index contributed by atoms with van der Waals surface area (Å²) in [6, 6.07) is 3.01. The highest BCUT2D eigenvalue weighted by atomic mass is 32.2. The highest BCUT2D eigenvalue weighted by molar-refractivity contribution is 8.00. The summed E-state index contributed by atoms with van der Waals surface area (Å²) in [5.41, 5.74) is 0.715. The minimum atomic E-state index is -0.644. The van der Waals surface area contributed by atoms with Crippen molar-refractivity contribution in [2.24, 2.45) is 0 Å². The number of hydrogen-bond acceptors (Lipinski definition) is 6. The Labute approximate surface area is 154 Å². The fourth-order valence-electron chi connectivity index (χ4n) is 3.57. The first-order chi connectivity index (χ1) is 12.5. The molecule has 0 radical (unpaired) electrons. The summed E-state index contributed by atoms with van der Waals surface area (Å²) in [5, 5.41) is 4.14. The smallest absolute Gasteiger partial charge is 0.344 e. The molecule has 4 rings (SSSR count). The molecule has 8 heteroatoms. The van der Waals surface area contributed by atoms with Crippen LogP contribution in [0.2, 0.25) is 0 Å². The zero-order valence-electron chi connectivity index (χ0n) is 14.7. The Bertz CT molecular complexity index is 953. The quantitative estimate of drug-likeness (QED) is 0.829. The van der Waals surface area contributed by atoms with Crippen LogP contribution in [0.15, 0.2) is 22.0 Å². The van der Waals surface area contributed by atoms with Crippen molar-refractivity contribution < 1.29 is 13.9 Å². The van der Waals surface area contributed by atoms with Crippen molar-refractivity contribution in [2.75, 3.05) is 37.7 Å². The molecule has 26 heavy (non-hydrogen) atoms. The molecule has 1 aromatic carbocycles. The SMILES string of the molecule is CCOC(=O)c1c2n(c3cc(N4CCNCC4)c(F)cc3c1=O)[C@H](C)S2. The number of aromatic nitrogens is 1. The zero-order chi connectivity index (χ0) is 18.4. The summed E-state index contributed by atoms with van der Waals surface area (Å²) >= 11 is 1.45. The van der Waals surface area contributed by atoms with E-state index in [1.165, 1.54) is 17.8 Å². The molecule has 1 atom stereocenters. The number of anilines is 1. The predicted molar refractivity (Wildman–Crippen MR) is 99.8 cm³/mol. The number of esters is 1. The Hall–Kier alpha value is -2.06. The van der Waals surface area contributed by atoms with Gasteiger partial charge < -0.3 is 19.5 Å². The van der Waals surface area contributed by atoms with Crippen molar-refractivity contribution in [3.8, 4) is 0 Å². The lowest BCUT2D eigenvalue weighted by Gasteiger charge is -2.34. The van der Waals surface area contributed by atoms with Gasteiger partial charge in [-0.15, -0.1) is 0 Å². The third-order valence-electron chi connectivity index (χ3n) is 4.81. The largest absolute Gasteiger partial charge is 0.462 e. The molecule has 3 heterocycles. The normalized spacial score (nSPS) is 19.2. The molecule has 1 N–H and O–H groups in total. The number of ether oxygens (including phenoxy) is 1. The summed E-state index contributed by atoms with van der Waals surface area (Å²) in [5.74, 6) is -1.08. The molecule has 6 nitrogen and oxygen atoms in total. The Morgan fingerprint density at radius 2 is 2.12 bits per heavy atom. The van der Waals surface area contributed by atoms with Gasteiger partial charge in [-0.25, -0.2) is 9.18 Å². The van der Waals surface area contributed by atoms with E-state index < -0.39 is 17.2 Å². The van der Waals surface area contributed by atoms with E-state index in [2.05, 4.69) is 5.32 Å². The monoisotopic (exact) mass is 377 g/mol. The molecule has 0 saturated carbocycles. The lowest BCUT2D eigenvalue weighted by Crippen LogP contribution is -2.44. The number of hydrogen-bond donors (Lipinski definition) is 1. The van der Waals surface area contributed by atoms with Gasteiger partial charge in [0.25, 0.3) is 0 Å². The maximum Gasteiger partial charge on any atom is 0.344 e. The average Bonchev–Trinajstić information content (AvgIpc) is 2.62. The molecule has 0 unspecified atom stereocenters. The van der Waals surface area contributed by atoms with Crippen molar-refractivity contribution in [1.82, 2.24) is 9.88 Å². The van der Waals surface area contributed by atoms with E-state index in [1.807, 2.05) is 16.4 Å². The van der Waals surface area contributed by atoms with Crippen LogP contribution in [-0.4, -0.2) is 43.3 Å². The highest BCUT2D eigenvalue weighted by Gasteiger charge is 2.34. The Kier molecular flexibility index (Phi) is 4.40. The maximum absolute atomic E-state index is 14.8. The van der Waals surface area contributed by atoms with Gasteiger partial charge in [0.15, 0.2) is 0 Å². The van der Waals surface area contributed by atoms with Gasteiger partial charge in [-0.3, -0.25) is 4.79 Å². The second kappa shape index (κ2) is 6.59. The standard InChI is InChI=1S/C18H20FN3O3S/c1-3-25-18(24)15-16(23)11-8-12(19)14(21-6-4-20-5-7-21)9-13(11)22-10(2)26-17(15)22/h8-10,20H,3-7H2,1-2H3/t10-/m0/s1. The number of carbonyl (C=O) groups excluding carboxylic acids is 1. The van der Waals surface area contributed by atoms with Gasteiger partial charge in [-0.2, -0.15) is 0 Å². The van der Waals surface area contributed by atoms with Crippen LogP contribution in [0.1, 0.15) is 29.6 Å². The third-order valence-corrected chi connectivity index (χ3v) is 5.99. The number of halogens is 1. The molecule has 0 aliphatic carbocycles. The number of nitrogens with zero attached hydrogens (tertiary/aromatic N) is 2. The predicted octanol–water partition coefficient (Wildman–Crippen LogP) is 2.35. The van der Waals surface area contributed by atoms with Crippen LogP contribution in [0.25, 0.3) is 10.9 Å². The van der Waals surface area contributed by atoms with E-state index in [-0.39, 0.29) is 22.9 Å². The lowest BCUT2D eigenvalue weighted by molar-refractivity contribution is 0.0518. The van der Waals surface area contributed by atoms with Crippen LogP contribution in [0.3, 0.4) is 0 Å². The van der Waals surface area contributed by atoms with Gasteiger partial charge in [0.2, 0.25) is 5.43 Å². The number of pyridine rings is 1. The summed E-state index contributed by atoms with van der Waals surface area (Å²) in [6.45, 7) is 6.89. The Morgan fingerprint density at radius 1 is 1.38 bits per heavy atom. The summed E-state index contributed by atoms with van der Waals surface area (Å²) in [4.78, 5) is 27.1. The molecule has 2 aromatic rings. The van der Waals surface area contributed by atoms with Crippen molar-refractivity contribution in [2.45, 2.75) is 24.2 Å². The fourth-order valence-corrected chi connectivity index (χ4v) is 4.72. The molecule has 0 bridgehead atoms. The van der Waals surface area contributed by atoms with Gasteiger partial charge in [0.05, 0.1) is 28.2 Å². The number of piperazine rings is 1. The first-order valence-corrected chi connectivity index (χ1v) is 9.62. The second-order valence-electron chi connectivity index (χ2n) is 6.37. The summed E-state index contributed by atoms with van der Waals surface area (Å²) in [7, 11) is 0. The molecular formula is C18H20FN3O3S. The average molecular weight is 377 g/mol. The van der Waals surface area contributed by atoms with E-state index in [0.29, 0.717) is 29.3 Å². The van der Waals surface area contributed by atoms with Crippen LogP contribution in [0.5, 0.6) is 0 Å². The van der Waals surface area contributed by atoms with Crippen LogP contribution in [-0.2, 0) is 4.74 Å². The van der Waals surface area contributed by atoms with Gasteiger partial charge in [-0.1, -0.05) is 11.8 Å². The molecule has 0 amide bonds. The molecule has 2 aliphatic rings. The fraction of sp³-hybridized carbons (Fsp3) is 0.444. The van der Waals surface area contributed by atoms with Crippen LogP contribution < -0.4 is 15.6 Å². The minimum absolute atomic E-state index is 0.0109. The first kappa shape index (κ1) is 17.4. The van der Waals surface area contributed by atoms with E-state index in [4.69, 9.17) is 4.74 Å². The Morgan fingerprint density at radius 3 is 2.77 bits per heavy atom. The van der Waals surface area contributed by atoms with Crippen molar-refractivity contribution in [3.05, 3.63) is 33.7 Å². The number of benzene rings is 1. The van der Waals surface area contributed by atoms with Crippen LogP contribution in [0.4, 0.5) is 10.1 Å². The molecule has 1 fully saturated rings. The Balaban J connectivity index is 1.93. The first-order valence-electron chi connectivity index (χ1n) is 8.74. The molecule has 1 aromatic heterocycles. The lowest BCUT2D eigenvalue weighted by atomic mass is 10.1. The molecule has 1 saturated heterocycles. The van der Waals surface area contributed by atoms with E-state index in [9.17, 15) is 14.0 Å². The molecule has 2 aliphatic heterocycles. The third kappa shape index (κ3) is 2.59. The van der Waals surface area contributed by atoms with Gasteiger partial charge >= 0.3 is 5.97 Å². The van der Waals surface area contributed by atoms with E-state index in [0.717, 1.165) is 13.1 Å². The number of nitrogens with one attached hydrogen (secondary N) is 1. The maximum atomic E-state index is 14.8. The number of fused-ring (bicyclic) bond motifs is 3. The van der Waals surface area contributed by atoms with Gasteiger partial charge in [0, 0.05) is 31.6 Å². The molecule has 0 spiro atoms. The topological polar surface area (TPSA) is 63.6 Å². The molecular weight excluding hydrogens is 357 g/mol. The number of thioether (sulfide) groups is 1. The summed E-state index contributed by atoms with van der Waals surface area (Å²) in [6.07, 6.45) is 0.